The Kier molecular flexibility index (Phi) is 6.11. The summed E-state index contributed by atoms with van der Waals surface area (Å²) in [6, 6.07) is 14.8. The number of carbonyl (C=O) groups excluding carboxylic acids is 1. The number of hydrazone groups is 1. The number of benzene rings is 2. The molecule has 1 saturated carbocycles. The smallest absolute Gasteiger partial charge is 0.283 e. The van der Waals surface area contributed by atoms with E-state index in [0.29, 0.717) is 28.0 Å². The predicted molar refractivity (Wildman–Crippen MR) is 118 cm³/mol. The fraction of sp³-hybridized carbons (Fsp3) is 0.417. The highest BCUT2D eigenvalue weighted by molar-refractivity contribution is 6.30. The minimum Gasteiger partial charge on any atom is -0.484 e. The van der Waals surface area contributed by atoms with Crippen LogP contribution in [0, 0.1) is 0 Å². The molecule has 0 spiro atoms. The molecule has 0 aromatic heterocycles. The summed E-state index contributed by atoms with van der Waals surface area (Å²) >= 11 is 5.96. The third-order valence-electron chi connectivity index (χ3n) is 5.99. The van der Waals surface area contributed by atoms with Crippen LogP contribution in [0.5, 0.6) is 5.75 Å². The van der Waals surface area contributed by atoms with Gasteiger partial charge in [0.05, 0.1) is 0 Å². The van der Waals surface area contributed by atoms with E-state index in [1.807, 2.05) is 12.1 Å². The number of rotatable bonds is 5. The number of ether oxygens (including phenoxy) is 1. The van der Waals surface area contributed by atoms with Gasteiger partial charge in [-0.25, -0.2) is 0 Å². The van der Waals surface area contributed by atoms with Gasteiger partial charge in [-0.05, 0) is 55.5 Å². The van der Waals surface area contributed by atoms with E-state index in [1.165, 1.54) is 37.7 Å². The molecular formula is C24H27ClN2O3. The second kappa shape index (κ2) is 8.78. The molecule has 1 N–H and O–H groups in total. The monoisotopic (exact) mass is 426 g/mol. The van der Waals surface area contributed by atoms with Crippen LogP contribution in [-0.4, -0.2) is 28.3 Å². The predicted octanol–water partition coefficient (Wildman–Crippen LogP) is 5.22. The van der Waals surface area contributed by atoms with Crippen molar-refractivity contribution in [1.82, 2.24) is 5.01 Å². The fourth-order valence-electron chi connectivity index (χ4n) is 4.40. The largest absolute Gasteiger partial charge is 0.484 e. The maximum Gasteiger partial charge on any atom is 0.283 e. The number of hydrogen-bond donors (Lipinski definition) is 1. The standard InChI is InChI=1S/C24H27ClN2O3/c1-17-15-24(29,20-9-11-21(25)12-10-20)27(26-17)23(28)16-30-22-13-7-19(8-14-22)18-5-3-2-4-6-18/h7-14,18,29H,2-6,15-16H2,1H3/t24-/m1/s1. The second-order valence-corrected chi connectivity index (χ2v) is 8.67. The molecule has 1 heterocycles. The van der Waals surface area contributed by atoms with Crippen molar-refractivity contribution in [1.29, 1.82) is 0 Å². The molecule has 5 nitrogen and oxygen atoms in total. The van der Waals surface area contributed by atoms with E-state index < -0.39 is 11.6 Å². The van der Waals surface area contributed by atoms with E-state index in [9.17, 15) is 9.90 Å². The number of halogens is 1. The highest BCUT2D eigenvalue weighted by Gasteiger charge is 2.44. The van der Waals surface area contributed by atoms with Crippen molar-refractivity contribution in [3.05, 3.63) is 64.7 Å². The number of nitrogens with zero attached hydrogens (tertiary/aromatic N) is 2. The molecule has 1 amide bonds. The average Bonchev–Trinajstić information content (AvgIpc) is 3.08. The molecule has 158 valence electrons. The normalized spacial score (nSPS) is 22.1. The molecule has 1 aliphatic carbocycles. The van der Waals surface area contributed by atoms with Gasteiger partial charge in [0.1, 0.15) is 5.75 Å². The Morgan fingerprint density at radius 1 is 1.13 bits per heavy atom. The minimum atomic E-state index is -1.53. The van der Waals surface area contributed by atoms with Crippen molar-refractivity contribution >= 4 is 23.2 Å². The lowest BCUT2D eigenvalue weighted by atomic mass is 9.84. The quantitative estimate of drug-likeness (QED) is 0.712. The van der Waals surface area contributed by atoms with Gasteiger partial charge in [0.25, 0.3) is 5.91 Å². The summed E-state index contributed by atoms with van der Waals surface area (Å²) in [4.78, 5) is 12.8. The molecule has 1 atom stereocenters. The SMILES string of the molecule is CC1=NN(C(=O)COc2ccc(C3CCCCC3)cc2)[C@](O)(c2ccc(Cl)cc2)C1. The van der Waals surface area contributed by atoms with Gasteiger partial charge < -0.3 is 9.84 Å². The summed E-state index contributed by atoms with van der Waals surface area (Å²) in [6.07, 6.45) is 6.66. The van der Waals surface area contributed by atoms with Crippen LogP contribution in [0.3, 0.4) is 0 Å². The third-order valence-corrected chi connectivity index (χ3v) is 6.24. The van der Waals surface area contributed by atoms with E-state index in [2.05, 4.69) is 17.2 Å². The summed E-state index contributed by atoms with van der Waals surface area (Å²) in [7, 11) is 0. The fourth-order valence-corrected chi connectivity index (χ4v) is 4.53. The lowest BCUT2D eigenvalue weighted by Gasteiger charge is -2.31. The number of hydrogen-bond acceptors (Lipinski definition) is 4. The van der Waals surface area contributed by atoms with E-state index in [-0.39, 0.29) is 13.0 Å². The zero-order valence-electron chi connectivity index (χ0n) is 17.2. The van der Waals surface area contributed by atoms with Gasteiger partial charge in [-0.1, -0.05) is 55.1 Å². The Morgan fingerprint density at radius 3 is 2.47 bits per heavy atom. The van der Waals surface area contributed by atoms with Gasteiger partial charge in [0.15, 0.2) is 12.3 Å². The molecular weight excluding hydrogens is 400 g/mol. The van der Waals surface area contributed by atoms with Crippen LogP contribution in [0.25, 0.3) is 0 Å². The molecule has 0 saturated heterocycles. The van der Waals surface area contributed by atoms with Crippen molar-refractivity contribution in [2.24, 2.45) is 5.10 Å². The van der Waals surface area contributed by atoms with E-state index >= 15 is 0 Å². The van der Waals surface area contributed by atoms with Crippen molar-refractivity contribution < 1.29 is 14.6 Å². The first-order valence-corrected chi connectivity index (χ1v) is 10.9. The van der Waals surface area contributed by atoms with Gasteiger partial charge in [-0.2, -0.15) is 10.1 Å². The third kappa shape index (κ3) is 4.37. The lowest BCUT2D eigenvalue weighted by molar-refractivity contribution is -0.159. The highest BCUT2D eigenvalue weighted by atomic mass is 35.5. The molecule has 1 aliphatic heterocycles. The summed E-state index contributed by atoms with van der Waals surface area (Å²) in [5.74, 6) is 0.865. The number of carbonyl (C=O) groups is 1. The zero-order chi connectivity index (χ0) is 21.1. The van der Waals surface area contributed by atoms with Crippen LogP contribution in [0.4, 0.5) is 0 Å². The molecule has 0 unspecified atom stereocenters. The van der Waals surface area contributed by atoms with E-state index in [4.69, 9.17) is 16.3 Å². The van der Waals surface area contributed by atoms with Gasteiger partial charge in [-0.15, -0.1) is 0 Å². The van der Waals surface area contributed by atoms with Crippen LogP contribution >= 0.6 is 11.6 Å². The molecule has 0 bridgehead atoms. The van der Waals surface area contributed by atoms with Crippen molar-refractivity contribution in [2.75, 3.05) is 6.61 Å². The molecule has 2 aromatic carbocycles. The Morgan fingerprint density at radius 2 is 1.80 bits per heavy atom. The zero-order valence-corrected chi connectivity index (χ0v) is 17.9. The number of aliphatic hydroxyl groups is 1. The van der Waals surface area contributed by atoms with Crippen LogP contribution in [-0.2, 0) is 10.5 Å². The Bertz CT molecular complexity index is 920. The minimum absolute atomic E-state index is 0.199. The maximum absolute atomic E-state index is 12.8. The average molecular weight is 427 g/mol. The van der Waals surface area contributed by atoms with E-state index in [1.54, 1.807) is 31.2 Å². The molecule has 2 aliphatic rings. The first-order chi connectivity index (χ1) is 14.5. The van der Waals surface area contributed by atoms with Crippen molar-refractivity contribution in [3.8, 4) is 5.75 Å². The van der Waals surface area contributed by atoms with Crippen LogP contribution in [0.2, 0.25) is 5.02 Å². The summed E-state index contributed by atoms with van der Waals surface area (Å²) < 4.78 is 5.71. The molecule has 0 radical (unpaired) electrons. The van der Waals surface area contributed by atoms with Gasteiger partial charge in [0, 0.05) is 22.7 Å². The van der Waals surface area contributed by atoms with Gasteiger partial charge in [0.2, 0.25) is 0 Å². The Hall–Kier alpha value is -2.37. The Labute approximate surface area is 182 Å². The summed E-state index contributed by atoms with van der Waals surface area (Å²) in [5, 5.41) is 17.2. The van der Waals surface area contributed by atoms with Gasteiger partial charge >= 0.3 is 0 Å². The molecule has 30 heavy (non-hydrogen) atoms. The van der Waals surface area contributed by atoms with E-state index in [0.717, 1.165) is 5.01 Å². The maximum atomic E-state index is 12.8. The summed E-state index contributed by atoms with van der Waals surface area (Å²) in [5.41, 5.74) is 1.06. The highest BCUT2D eigenvalue weighted by Crippen LogP contribution is 2.36. The van der Waals surface area contributed by atoms with Crippen LogP contribution in [0.15, 0.2) is 53.6 Å². The molecule has 1 fully saturated rings. The Balaban J connectivity index is 1.41. The first-order valence-electron chi connectivity index (χ1n) is 10.5. The topological polar surface area (TPSA) is 62.1 Å². The summed E-state index contributed by atoms with van der Waals surface area (Å²) in [6.45, 7) is 1.59. The van der Waals surface area contributed by atoms with Gasteiger partial charge in [-0.3, -0.25) is 4.79 Å². The molecule has 6 heteroatoms. The van der Waals surface area contributed by atoms with Crippen molar-refractivity contribution in [2.45, 2.75) is 57.1 Å². The van der Waals surface area contributed by atoms with Crippen LogP contribution in [0.1, 0.15) is 62.5 Å². The van der Waals surface area contributed by atoms with Crippen LogP contribution < -0.4 is 4.74 Å². The second-order valence-electron chi connectivity index (χ2n) is 8.23. The van der Waals surface area contributed by atoms with Crippen molar-refractivity contribution in [3.63, 3.8) is 0 Å². The lowest BCUT2D eigenvalue weighted by Crippen LogP contribution is -2.45. The number of amides is 1. The first kappa shape index (κ1) is 20.9. The molecule has 2 aromatic rings. The molecule has 4 rings (SSSR count).